The zero-order valence-corrected chi connectivity index (χ0v) is 40.5. The molecule has 344 valence electrons. The van der Waals surface area contributed by atoms with Gasteiger partial charge in [-0.2, -0.15) is 0 Å². The molecule has 0 saturated heterocycles. The van der Waals surface area contributed by atoms with Crippen LogP contribution in [0.3, 0.4) is 0 Å². The summed E-state index contributed by atoms with van der Waals surface area (Å²) in [6, 6.07) is 105. The van der Waals surface area contributed by atoms with E-state index in [1.165, 1.54) is 116 Å². The maximum atomic E-state index is 2.53. The van der Waals surface area contributed by atoms with Crippen LogP contribution in [0, 0.1) is 0 Å². The SMILES string of the molecule is c1ccc(C2(c3ccc(N(c4ccc(-c5cccc6ccccc56)cc4)c4cccc5c4-c4ccccc4C54c5ccccc5-n5c6ccccc6c6cccc4c65)cc3)c3ccccc3-c3ccccc32)cc1. The summed E-state index contributed by atoms with van der Waals surface area (Å²) in [5.74, 6) is 0. The smallest absolute Gasteiger partial charge is 0.0755 e. The Hall–Kier alpha value is -9.50. The van der Waals surface area contributed by atoms with Crippen molar-refractivity contribution in [1.82, 2.24) is 4.57 Å². The van der Waals surface area contributed by atoms with Crippen LogP contribution in [0.1, 0.15) is 44.5 Å². The van der Waals surface area contributed by atoms with E-state index in [9.17, 15) is 0 Å². The third-order valence-electron chi connectivity index (χ3n) is 16.9. The Morgan fingerprint density at radius 2 is 0.797 bits per heavy atom. The van der Waals surface area contributed by atoms with Gasteiger partial charge in [-0.05, 0) is 126 Å². The van der Waals surface area contributed by atoms with E-state index in [1.54, 1.807) is 0 Å². The molecule has 2 heterocycles. The quantitative estimate of drug-likeness (QED) is 0.161. The van der Waals surface area contributed by atoms with Crippen LogP contribution in [-0.4, -0.2) is 4.57 Å². The Labute approximate surface area is 430 Å². The van der Waals surface area contributed by atoms with Gasteiger partial charge in [0.05, 0.1) is 33.2 Å². The molecule has 1 atom stereocenters. The molecule has 74 heavy (non-hydrogen) atoms. The Morgan fingerprint density at radius 1 is 0.297 bits per heavy atom. The van der Waals surface area contributed by atoms with Crippen molar-refractivity contribution in [2.24, 2.45) is 0 Å². The van der Waals surface area contributed by atoms with Crippen LogP contribution < -0.4 is 4.90 Å². The Balaban J connectivity index is 0.950. The van der Waals surface area contributed by atoms with Crippen LogP contribution >= 0.6 is 0 Å². The summed E-state index contributed by atoms with van der Waals surface area (Å²) in [6.07, 6.45) is 0. The molecule has 1 aromatic heterocycles. The highest BCUT2D eigenvalue weighted by Crippen LogP contribution is 2.64. The molecule has 16 rings (SSSR count). The van der Waals surface area contributed by atoms with E-state index in [-0.39, 0.29) is 0 Å². The van der Waals surface area contributed by atoms with Crippen LogP contribution in [0.25, 0.3) is 71.6 Å². The topological polar surface area (TPSA) is 8.17 Å². The minimum Gasteiger partial charge on any atom is -0.310 e. The average Bonchev–Trinajstić information content (AvgIpc) is 4.11. The zero-order valence-electron chi connectivity index (χ0n) is 40.5. The van der Waals surface area contributed by atoms with Crippen molar-refractivity contribution >= 4 is 49.6 Å². The lowest BCUT2D eigenvalue weighted by Crippen LogP contribution is -2.33. The van der Waals surface area contributed by atoms with Crippen LogP contribution in [-0.2, 0) is 10.8 Å². The standard InChI is InChI=1S/C72H46N2/c1-2-21-49(22-3-1)71(60-30-10-6-24-55(60)56-25-7-11-31-61(56)71)50-41-45-52(46-42-50)73(51-43-39-48(40-44-51)54-28-16-20-47-19-4-5-23-53(47)54)68-38-18-34-64-69(68)59-27-8-12-32-62(59)72(64)63-33-13-15-37-67(63)74-66-36-14-9-26-57(66)58-29-17-35-65(72)70(58)74/h1-46H. The van der Waals surface area contributed by atoms with Crippen LogP contribution in [0.2, 0.25) is 0 Å². The maximum Gasteiger partial charge on any atom is 0.0755 e. The number of para-hydroxylation sites is 3. The van der Waals surface area contributed by atoms with Gasteiger partial charge in [-0.15, -0.1) is 0 Å². The average molecular weight is 939 g/mol. The lowest BCUT2D eigenvalue weighted by Gasteiger charge is -2.39. The maximum absolute atomic E-state index is 2.53. The summed E-state index contributed by atoms with van der Waals surface area (Å²) in [7, 11) is 0. The molecular weight excluding hydrogens is 893 g/mol. The van der Waals surface area contributed by atoms with Crippen molar-refractivity contribution < 1.29 is 0 Å². The monoisotopic (exact) mass is 938 g/mol. The van der Waals surface area contributed by atoms with Gasteiger partial charge in [0.2, 0.25) is 0 Å². The number of aromatic nitrogens is 1. The fraction of sp³-hybridized carbons (Fsp3) is 0.0278. The largest absolute Gasteiger partial charge is 0.310 e. The number of anilines is 3. The minimum absolute atomic E-state index is 0.505. The Morgan fingerprint density at radius 3 is 1.55 bits per heavy atom. The van der Waals surface area contributed by atoms with Crippen molar-refractivity contribution in [1.29, 1.82) is 0 Å². The van der Waals surface area contributed by atoms with E-state index < -0.39 is 10.8 Å². The molecule has 1 aliphatic heterocycles. The lowest BCUT2D eigenvalue weighted by atomic mass is 9.65. The van der Waals surface area contributed by atoms with Crippen LogP contribution in [0.15, 0.2) is 279 Å². The van der Waals surface area contributed by atoms with Crippen LogP contribution in [0.5, 0.6) is 0 Å². The molecule has 0 fully saturated rings. The summed E-state index contributed by atoms with van der Waals surface area (Å²) in [5, 5.41) is 5.05. The number of hydrogen-bond donors (Lipinski definition) is 0. The highest BCUT2D eigenvalue weighted by Gasteiger charge is 2.52. The fourth-order valence-electron chi connectivity index (χ4n) is 14.0. The highest BCUT2D eigenvalue weighted by molar-refractivity contribution is 6.13. The summed E-state index contributed by atoms with van der Waals surface area (Å²) >= 11 is 0. The molecule has 1 spiro atoms. The molecule has 12 aromatic carbocycles. The second-order valence-electron chi connectivity index (χ2n) is 20.2. The predicted molar refractivity (Wildman–Crippen MR) is 307 cm³/mol. The zero-order chi connectivity index (χ0) is 48.5. The molecule has 3 aliphatic rings. The van der Waals surface area contributed by atoms with E-state index in [0.29, 0.717) is 0 Å². The summed E-state index contributed by atoms with van der Waals surface area (Å²) in [5.41, 5.74) is 23.8. The Bertz CT molecular complexity index is 4380. The van der Waals surface area contributed by atoms with Crippen molar-refractivity contribution in [3.63, 3.8) is 0 Å². The Kier molecular flexibility index (Phi) is 8.62. The van der Waals surface area contributed by atoms with Gasteiger partial charge in [-0.25, -0.2) is 0 Å². The van der Waals surface area contributed by atoms with Crippen molar-refractivity contribution in [2.45, 2.75) is 10.8 Å². The van der Waals surface area contributed by atoms with Gasteiger partial charge in [-0.1, -0.05) is 237 Å². The van der Waals surface area contributed by atoms with E-state index >= 15 is 0 Å². The molecule has 0 radical (unpaired) electrons. The van der Waals surface area contributed by atoms with Gasteiger partial charge in [-0.3, -0.25) is 0 Å². The summed E-state index contributed by atoms with van der Waals surface area (Å²) < 4.78 is 2.53. The van der Waals surface area contributed by atoms with Gasteiger partial charge in [0.1, 0.15) is 0 Å². The lowest BCUT2D eigenvalue weighted by molar-refractivity contribution is 0.748. The van der Waals surface area contributed by atoms with Gasteiger partial charge >= 0.3 is 0 Å². The van der Waals surface area contributed by atoms with E-state index in [4.69, 9.17) is 0 Å². The first-order valence-electron chi connectivity index (χ1n) is 25.8. The van der Waals surface area contributed by atoms with E-state index in [1.807, 2.05) is 0 Å². The summed E-state index contributed by atoms with van der Waals surface area (Å²) in [6.45, 7) is 0. The molecule has 2 nitrogen and oxygen atoms in total. The molecule has 0 N–H and O–H groups in total. The molecule has 0 bridgehead atoms. The third kappa shape index (κ3) is 5.33. The summed E-state index contributed by atoms with van der Waals surface area (Å²) in [4.78, 5) is 2.52. The van der Waals surface area contributed by atoms with Crippen molar-refractivity contribution in [3.8, 4) is 39.1 Å². The fourth-order valence-corrected chi connectivity index (χ4v) is 14.0. The van der Waals surface area contributed by atoms with Crippen LogP contribution in [0.4, 0.5) is 17.1 Å². The number of nitrogens with zero attached hydrogens (tertiary/aromatic N) is 2. The molecule has 0 saturated carbocycles. The van der Waals surface area contributed by atoms with Gasteiger partial charge in [0, 0.05) is 27.7 Å². The molecule has 2 aliphatic carbocycles. The molecule has 1 unspecified atom stereocenters. The molecule has 0 amide bonds. The number of fused-ring (bicyclic) bond motifs is 16. The van der Waals surface area contributed by atoms with Gasteiger partial charge in [0.15, 0.2) is 0 Å². The molecule has 2 heteroatoms. The van der Waals surface area contributed by atoms with Crippen molar-refractivity contribution in [3.05, 3.63) is 324 Å². The number of hydrogen-bond acceptors (Lipinski definition) is 1. The minimum atomic E-state index is -0.582. The normalized spacial score (nSPS) is 15.2. The molecular formula is C72H46N2. The van der Waals surface area contributed by atoms with Gasteiger partial charge in [0.25, 0.3) is 0 Å². The second kappa shape index (κ2) is 15.5. The molecule has 13 aromatic rings. The highest BCUT2D eigenvalue weighted by atomic mass is 15.1. The van der Waals surface area contributed by atoms with E-state index in [0.717, 1.165) is 17.1 Å². The third-order valence-corrected chi connectivity index (χ3v) is 16.9. The van der Waals surface area contributed by atoms with Gasteiger partial charge < -0.3 is 9.47 Å². The first-order chi connectivity index (χ1) is 36.7. The number of benzene rings is 12. The second-order valence-corrected chi connectivity index (χ2v) is 20.2. The van der Waals surface area contributed by atoms with Crippen molar-refractivity contribution in [2.75, 3.05) is 4.90 Å². The van der Waals surface area contributed by atoms with E-state index in [2.05, 4.69) is 289 Å². The first-order valence-corrected chi connectivity index (χ1v) is 25.8. The predicted octanol–water partition coefficient (Wildman–Crippen LogP) is 18.1. The first kappa shape index (κ1) is 41.2. The number of rotatable bonds is 6.